The summed E-state index contributed by atoms with van der Waals surface area (Å²) in [6, 6.07) is 5.82. The van der Waals surface area contributed by atoms with Gasteiger partial charge in [0.05, 0.1) is 11.6 Å². The van der Waals surface area contributed by atoms with Gasteiger partial charge < -0.3 is 0 Å². The van der Waals surface area contributed by atoms with Gasteiger partial charge in [0.1, 0.15) is 5.84 Å². The summed E-state index contributed by atoms with van der Waals surface area (Å²) in [4.78, 5) is 8.62. The van der Waals surface area contributed by atoms with Crippen LogP contribution in [0.5, 0.6) is 0 Å². The molecule has 2 aliphatic heterocycles. The Kier molecular flexibility index (Phi) is 2.46. The first-order valence-electron chi connectivity index (χ1n) is 5.35. The van der Waals surface area contributed by atoms with E-state index in [-0.39, 0.29) is 5.92 Å². The molecular formula is C12H11ClN4. The number of aromatic nitrogens is 1. The minimum Gasteiger partial charge on any atom is -0.272 e. The Balaban J connectivity index is 2.01. The molecule has 0 bridgehead atoms. The summed E-state index contributed by atoms with van der Waals surface area (Å²) in [5.41, 5.74) is 1.99. The summed E-state index contributed by atoms with van der Waals surface area (Å²) in [6.45, 7) is 0. The van der Waals surface area contributed by atoms with Gasteiger partial charge in [0.15, 0.2) is 0 Å². The van der Waals surface area contributed by atoms with Gasteiger partial charge in [-0.2, -0.15) is 0 Å². The zero-order chi connectivity index (χ0) is 11.8. The van der Waals surface area contributed by atoms with Crippen molar-refractivity contribution in [3.05, 3.63) is 47.5 Å². The molecule has 0 saturated heterocycles. The average Bonchev–Trinajstić information content (AvgIpc) is 2.67. The minimum absolute atomic E-state index is 0.118. The number of allylic oxidation sites excluding steroid dienone is 1. The molecule has 0 fully saturated rings. The Bertz CT molecular complexity index is 533. The molecule has 3 heterocycles. The van der Waals surface area contributed by atoms with Crippen LogP contribution in [0.15, 0.2) is 46.8 Å². The molecule has 0 radical (unpaired) electrons. The van der Waals surface area contributed by atoms with Crippen LogP contribution in [0.4, 0.5) is 0 Å². The van der Waals surface area contributed by atoms with Crippen molar-refractivity contribution in [3.8, 4) is 0 Å². The van der Waals surface area contributed by atoms with Gasteiger partial charge in [-0.3, -0.25) is 9.99 Å². The van der Waals surface area contributed by atoms with Crippen molar-refractivity contribution in [2.75, 3.05) is 0 Å². The third-order valence-corrected chi connectivity index (χ3v) is 3.18. The fourth-order valence-corrected chi connectivity index (χ4v) is 2.35. The van der Waals surface area contributed by atoms with E-state index in [2.05, 4.69) is 9.98 Å². The molecule has 2 N–H and O–H groups in total. The standard InChI is InChI=1S/C12H11ClN4/c13-8-5-9-10(11-3-1-2-4-15-11)7-17(14)12(9)16-6-8/h1-4,6-7,9H,5,14H2. The lowest BCUT2D eigenvalue weighted by Gasteiger charge is -2.19. The van der Waals surface area contributed by atoms with Crippen molar-refractivity contribution >= 4 is 23.0 Å². The van der Waals surface area contributed by atoms with Gasteiger partial charge >= 0.3 is 0 Å². The molecule has 1 aromatic heterocycles. The largest absolute Gasteiger partial charge is 0.272 e. The molecule has 86 valence electrons. The maximum absolute atomic E-state index is 6.03. The van der Waals surface area contributed by atoms with Crippen LogP contribution in [-0.4, -0.2) is 15.8 Å². The number of amidine groups is 1. The van der Waals surface area contributed by atoms with E-state index in [0.717, 1.165) is 28.6 Å². The van der Waals surface area contributed by atoms with Crippen LogP contribution >= 0.6 is 11.6 Å². The van der Waals surface area contributed by atoms with Crippen molar-refractivity contribution in [2.45, 2.75) is 6.42 Å². The summed E-state index contributed by atoms with van der Waals surface area (Å²) in [7, 11) is 0. The van der Waals surface area contributed by atoms with Crippen LogP contribution in [-0.2, 0) is 0 Å². The normalized spacial score (nSPS) is 22.8. The first kappa shape index (κ1) is 10.5. The molecule has 0 amide bonds. The van der Waals surface area contributed by atoms with Gasteiger partial charge in [0.25, 0.3) is 0 Å². The number of hydrogen-bond donors (Lipinski definition) is 1. The Hall–Kier alpha value is -1.65. The number of pyridine rings is 1. The van der Waals surface area contributed by atoms with Crippen molar-refractivity contribution < 1.29 is 0 Å². The molecule has 0 aliphatic carbocycles. The predicted molar refractivity (Wildman–Crippen MR) is 67.7 cm³/mol. The highest BCUT2D eigenvalue weighted by molar-refractivity contribution is 6.30. The first-order chi connectivity index (χ1) is 8.25. The van der Waals surface area contributed by atoms with Crippen LogP contribution in [0.3, 0.4) is 0 Å². The van der Waals surface area contributed by atoms with Crippen LogP contribution in [0.25, 0.3) is 5.57 Å². The minimum atomic E-state index is 0.118. The fraction of sp³-hybridized carbons (Fsp3) is 0.167. The molecule has 4 nitrogen and oxygen atoms in total. The van der Waals surface area contributed by atoms with Crippen molar-refractivity contribution in [3.63, 3.8) is 0 Å². The number of aliphatic imine (C=N–C) groups is 1. The predicted octanol–water partition coefficient (Wildman–Crippen LogP) is 2.11. The number of nitrogens with two attached hydrogens (primary N) is 1. The second-order valence-corrected chi connectivity index (χ2v) is 4.51. The zero-order valence-electron chi connectivity index (χ0n) is 9.05. The lowest BCUT2D eigenvalue weighted by Crippen LogP contribution is -2.33. The van der Waals surface area contributed by atoms with Gasteiger partial charge in [-0.1, -0.05) is 17.7 Å². The fourth-order valence-electron chi connectivity index (χ4n) is 2.14. The van der Waals surface area contributed by atoms with E-state index >= 15 is 0 Å². The second-order valence-electron chi connectivity index (χ2n) is 4.03. The van der Waals surface area contributed by atoms with E-state index in [1.165, 1.54) is 0 Å². The number of hydrogen-bond acceptors (Lipinski definition) is 4. The Morgan fingerprint density at radius 2 is 2.29 bits per heavy atom. The lowest BCUT2D eigenvalue weighted by atomic mass is 9.93. The molecule has 1 atom stereocenters. The Labute approximate surface area is 104 Å². The number of nitrogens with zero attached hydrogens (tertiary/aromatic N) is 3. The van der Waals surface area contributed by atoms with Gasteiger partial charge in [-0.05, 0) is 18.6 Å². The smallest absolute Gasteiger partial charge is 0.130 e. The third-order valence-electron chi connectivity index (χ3n) is 2.93. The first-order valence-corrected chi connectivity index (χ1v) is 5.73. The van der Waals surface area contributed by atoms with E-state index in [1.54, 1.807) is 17.4 Å². The summed E-state index contributed by atoms with van der Waals surface area (Å²) in [6.07, 6.45) is 6.03. The van der Waals surface area contributed by atoms with Crippen molar-refractivity contribution in [2.24, 2.45) is 16.8 Å². The molecule has 0 spiro atoms. The molecule has 3 rings (SSSR count). The number of rotatable bonds is 1. The van der Waals surface area contributed by atoms with Gasteiger partial charge in [0, 0.05) is 29.2 Å². The zero-order valence-corrected chi connectivity index (χ0v) is 9.80. The molecule has 0 saturated carbocycles. The second kappa shape index (κ2) is 3.98. The van der Waals surface area contributed by atoms with E-state index in [0.29, 0.717) is 0 Å². The quantitative estimate of drug-likeness (QED) is 0.773. The van der Waals surface area contributed by atoms with E-state index in [9.17, 15) is 0 Å². The SMILES string of the molecule is NN1C=C(c2ccccn2)C2CC(Cl)=CN=C21. The van der Waals surface area contributed by atoms with Crippen molar-refractivity contribution in [1.82, 2.24) is 9.99 Å². The molecular weight excluding hydrogens is 236 g/mol. The Morgan fingerprint density at radius 3 is 3.06 bits per heavy atom. The maximum atomic E-state index is 6.03. The van der Waals surface area contributed by atoms with E-state index in [4.69, 9.17) is 17.4 Å². The highest BCUT2D eigenvalue weighted by Gasteiger charge is 2.33. The molecule has 17 heavy (non-hydrogen) atoms. The highest BCUT2D eigenvalue weighted by Crippen LogP contribution is 2.37. The van der Waals surface area contributed by atoms with Crippen LogP contribution < -0.4 is 5.84 Å². The van der Waals surface area contributed by atoms with Gasteiger partial charge in [-0.25, -0.2) is 10.8 Å². The molecule has 0 aromatic carbocycles. The maximum Gasteiger partial charge on any atom is 0.130 e. The van der Waals surface area contributed by atoms with Crippen LogP contribution in [0.2, 0.25) is 0 Å². The van der Waals surface area contributed by atoms with Gasteiger partial charge in [-0.15, -0.1) is 0 Å². The molecule has 1 aromatic rings. The average molecular weight is 247 g/mol. The van der Waals surface area contributed by atoms with Gasteiger partial charge in [0.2, 0.25) is 0 Å². The summed E-state index contributed by atoms with van der Waals surface area (Å²) >= 11 is 6.03. The Morgan fingerprint density at radius 1 is 1.41 bits per heavy atom. The summed E-state index contributed by atoms with van der Waals surface area (Å²) in [5.74, 6) is 6.84. The molecule has 1 unspecified atom stereocenters. The monoisotopic (exact) mass is 246 g/mol. The molecule has 2 aliphatic rings. The number of halogens is 1. The lowest BCUT2D eigenvalue weighted by molar-refractivity contribution is 0.587. The van der Waals surface area contributed by atoms with E-state index < -0.39 is 0 Å². The highest BCUT2D eigenvalue weighted by atomic mass is 35.5. The van der Waals surface area contributed by atoms with Crippen molar-refractivity contribution in [1.29, 1.82) is 0 Å². The molecule has 5 heteroatoms. The number of fused-ring (bicyclic) bond motifs is 1. The van der Waals surface area contributed by atoms with Crippen LogP contribution in [0, 0.1) is 5.92 Å². The number of hydrazine groups is 1. The topological polar surface area (TPSA) is 54.5 Å². The third kappa shape index (κ3) is 1.75. The van der Waals surface area contributed by atoms with E-state index in [1.807, 2.05) is 24.4 Å². The summed E-state index contributed by atoms with van der Waals surface area (Å²) < 4.78 is 0. The van der Waals surface area contributed by atoms with Crippen LogP contribution in [0.1, 0.15) is 12.1 Å². The summed E-state index contributed by atoms with van der Waals surface area (Å²) in [5, 5.41) is 2.30.